The Hall–Kier alpha value is -2.09. The zero-order valence-corrected chi connectivity index (χ0v) is 17.2. The van der Waals surface area contributed by atoms with E-state index in [1.54, 1.807) is 31.3 Å². The number of hydrogen-bond acceptors (Lipinski definition) is 4. The normalized spacial score (nSPS) is 16.3. The molecule has 0 unspecified atom stereocenters. The van der Waals surface area contributed by atoms with Crippen LogP contribution in [0.1, 0.15) is 31.7 Å². The molecule has 27 heavy (non-hydrogen) atoms. The summed E-state index contributed by atoms with van der Waals surface area (Å²) in [6.45, 7) is 5.06. The van der Waals surface area contributed by atoms with Gasteiger partial charge in [0, 0.05) is 39.4 Å². The largest absolute Gasteiger partial charge is 0.359 e. The van der Waals surface area contributed by atoms with E-state index >= 15 is 0 Å². The third-order valence-corrected chi connectivity index (χ3v) is 5.89. The summed E-state index contributed by atoms with van der Waals surface area (Å²) in [5.41, 5.74) is 0.965. The summed E-state index contributed by atoms with van der Waals surface area (Å²) in [7, 11) is -1.50. The van der Waals surface area contributed by atoms with E-state index in [9.17, 15) is 13.2 Å². The highest BCUT2D eigenvalue weighted by atomic mass is 32.2. The Balaban J connectivity index is 1.97. The molecule has 0 radical (unpaired) electrons. The van der Waals surface area contributed by atoms with Gasteiger partial charge in [0.15, 0.2) is 15.8 Å². The molecular weight excluding hydrogens is 364 g/mol. The molecule has 0 spiro atoms. The first-order valence-electron chi connectivity index (χ1n) is 9.36. The minimum Gasteiger partial charge on any atom is -0.359 e. The van der Waals surface area contributed by atoms with Crippen LogP contribution in [0.25, 0.3) is 0 Å². The van der Waals surface area contributed by atoms with Gasteiger partial charge in [0.25, 0.3) is 0 Å². The fourth-order valence-corrected chi connectivity index (χ4v) is 3.78. The van der Waals surface area contributed by atoms with Crippen molar-refractivity contribution in [1.82, 2.24) is 15.5 Å². The standard InChI is InChI=1S/C19H30N4O3S/c1-4-21-19(23-11-9-15(10-12-23)13-18(24)20-2)22-14-16-5-7-17(8-6-16)27(3,25)26/h5-8,15H,4,9-14H2,1-3H3,(H,20,24)(H,21,22). The number of nitrogens with one attached hydrogen (secondary N) is 2. The van der Waals surface area contributed by atoms with Gasteiger partial charge in [-0.3, -0.25) is 4.79 Å². The molecule has 1 aromatic carbocycles. The van der Waals surface area contributed by atoms with Gasteiger partial charge in [0.2, 0.25) is 5.91 Å². The van der Waals surface area contributed by atoms with E-state index in [1.807, 2.05) is 6.92 Å². The summed E-state index contributed by atoms with van der Waals surface area (Å²) in [4.78, 5) is 18.8. The number of hydrogen-bond donors (Lipinski definition) is 2. The molecule has 0 aromatic heterocycles. The molecular formula is C19H30N4O3S. The van der Waals surface area contributed by atoms with Gasteiger partial charge in [-0.05, 0) is 43.4 Å². The molecule has 1 aliphatic rings. The van der Waals surface area contributed by atoms with Crippen LogP contribution in [0, 0.1) is 5.92 Å². The van der Waals surface area contributed by atoms with Crippen molar-refractivity contribution in [2.75, 3.05) is 32.9 Å². The van der Waals surface area contributed by atoms with Crippen LogP contribution in [0.4, 0.5) is 0 Å². The molecule has 2 N–H and O–H groups in total. The number of rotatable bonds is 6. The Labute approximate surface area is 162 Å². The van der Waals surface area contributed by atoms with E-state index in [1.165, 1.54) is 6.26 Å². The molecule has 1 amide bonds. The predicted molar refractivity (Wildman–Crippen MR) is 107 cm³/mol. The summed E-state index contributed by atoms with van der Waals surface area (Å²) in [5.74, 6) is 1.39. The fourth-order valence-electron chi connectivity index (χ4n) is 3.15. The van der Waals surface area contributed by atoms with Crippen molar-refractivity contribution in [3.8, 4) is 0 Å². The lowest BCUT2D eigenvalue weighted by Crippen LogP contribution is -2.46. The van der Waals surface area contributed by atoms with Crippen molar-refractivity contribution in [3.63, 3.8) is 0 Å². The van der Waals surface area contributed by atoms with Crippen LogP contribution in [-0.4, -0.2) is 58.1 Å². The van der Waals surface area contributed by atoms with Crippen molar-refractivity contribution in [1.29, 1.82) is 0 Å². The fraction of sp³-hybridized carbons (Fsp3) is 0.579. The lowest BCUT2D eigenvalue weighted by molar-refractivity contribution is -0.121. The summed E-state index contributed by atoms with van der Waals surface area (Å²) < 4.78 is 23.1. The van der Waals surface area contributed by atoms with Crippen LogP contribution in [0.5, 0.6) is 0 Å². The molecule has 0 aliphatic carbocycles. The van der Waals surface area contributed by atoms with E-state index < -0.39 is 9.84 Å². The number of aliphatic imine (C=N–C) groups is 1. The summed E-state index contributed by atoms with van der Waals surface area (Å²) in [6.07, 6.45) is 3.74. The van der Waals surface area contributed by atoms with Gasteiger partial charge in [0.1, 0.15) is 0 Å². The van der Waals surface area contributed by atoms with E-state index in [0.29, 0.717) is 23.8 Å². The third kappa shape index (κ3) is 6.53. The van der Waals surface area contributed by atoms with Gasteiger partial charge in [0.05, 0.1) is 11.4 Å². The minimum absolute atomic E-state index is 0.103. The number of benzene rings is 1. The van der Waals surface area contributed by atoms with Crippen LogP contribution in [-0.2, 0) is 21.2 Å². The summed E-state index contributed by atoms with van der Waals surface area (Å²) >= 11 is 0. The number of guanidine groups is 1. The molecule has 1 aromatic rings. The molecule has 0 bridgehead atoms. The van der Waals surface area contributed by atoms with E-state index in [4.69, 9.17) is 4.99 Å². The first-order valence-corrected chi connectivity index (χ1v) is 11.3. The Morgan fingerprint density at radius 2 is 1.85 bits per heavy atom. The van der Waals surface area contributed by atoms with Gasteiger partial charge in [-0.15, -0.1) is 0 Å². The monoisotopic (exact) mass is 394 g/mol. The highest BCUT2D eigenvalue weighted by Gasteiger charge is 2.23. The maximum absolute atomic E-state index is 11.5. The zero-order valence-electron chi connectivity index (χ0n) is 16.4. The highest BCUT2D eigenvalue weighted by Crippen LogP contribution is 2.20. The molecule has 1 saturated heterocycles. The predicted octanol–water partition coefficient (Wildman–Crippen LogP) is 1.40. The van der Waals surface area contributed by atoms with Crippen LogP contribution in [0.2, 0.25) is 0 Å². The second-order valence-electron chi connectivity index (χ2n) is 6.89. The molecule has 2 rings (SSSR count). The maximum Gasteiger partial charge on any atom is 0.220 e. The van der Waals surface area contributed by atoms with E-state index in [2.05, 4.69) is 15.5 Å². The molecule has 7 nitrogen and oxygen atoms in total. The number of piperidine rings is 1. The van der Waals surface area contributed by atoms with Crippen LogP contribution in [0.15, 0.2) is 34.2 Å². The second-order valence-corrected chi connectivity index (χ2v) is 8.91. The Morgan fingerprint density at radius 1 is 1.22 bits per heavy atom. The lowest BCUT2D eigenvalue weighted by Gasteiger charge is -2.34. The molecule has 0 atom stereocenters. The van der Waals surface area contributed by atoms with Gasteiger partial charge in [-0.1, -0.05) is 12.1 Å². The molecule has 0 saturated carbocycles. The lowest BCUT2D eigenvalue weighted by atomic mass is 9.93. The van der Waals surface area contributed by atoms with Crippen molar-refractivity contribution in [2.24, 2.45) is 10.9 Å². The molecule has 8 heteroatoms. The number of carbonyl (C=O) groups is 1. The van der Waals surface area contributed by atoms with Gasteiger partial charge in [-0.2, -0.15) is 0 Å². The van der Waals surface area contributed by atoms with Crippen molar-refractivity contribution in [3.05, 3.63) is 29.8 Å². The van der Waals surface area contributed by atoms with Crippen molar-refractivity contribution < 1.29 is 13.2 Å². The number of likely N-dealkylation sites (tertiary alicyclic amines) is 1. The number of sulfone groups is 1. The van der Waals surface area contributed by atoms with Crippen molar-refractivity contribution >= 4 is 21.7 Å². The molecule has 1 aliphatic heterocycles. The second kappa shape index (κ2) is 9.73. The minimum atomic E-state index is -3.18. The molecule has 1 fully saturated rings. The topological polar surface area (TPSA) is 90.9 Å². The average Bonchev–Trinajstić information content (AvgIpc) is 2.65. The molecule has 150 valence electrons. The zero-order chi connectivity index (χ0) is 19.9. The first kappa shape index (κ1) is 21.2. The summed E-state index contributed by atoms with van der Waals surface area (Å²) in [5, 5.41) is 6.02. The quantitative estimate of drug-likeness (QED) is 0.562. The van der Waals surface area contributed by atoms with Crippen LogP contribution >= 0.6 is 0 Å². The Bertz CT molecular complexity index is 752. The van der Waals surface area contributed by atoms with E-state index in [-0.39, 0.29) is 5.91 Å². The smallest absolute Gasteiger partial charge is 0.220 e. The van der Waals surface area contributed by atoms with Crippen LogP contribution in [0.3, 0.4) is 0 Å². The third-order valence-electron chi connectivity index (χ3n) is 4.76. The number of nitrogens with zero attached hydrogens (tertiary/aromatic N) is 2. The Kier molecular flexibility index (Phi) is 7.65. The average molecular weight is 395 g/mol. The van der Waals surface area contributed by atoms with Gasteiger partial charge >= 0.3 is 0 Å². The molecule has 1 heterocycles. The summed E-state index contributed by atoms with van der Waals surface area (Å²) in [6, 6.07) is 6.85. The number of amides is 1. The SMILES string of the molecule is CCNC(=NCc1ccc(S(C)(=O)=O)cc1)N1CCC(CC(=O)NC)CC1. The highest BCUT2D eigenvalue weighted by molar-refractivity contribution is 7.90. The number of carbonyl (C=O) groups excluding carboxylic acids is 1. The van der Waals surface area contributed by atoms with Crippen molar-refractivity contribution in [2.45, 2.75) is 37.6 Å². The van der Waals surface area contributed by atoms with Gasteiger partial charge < -0.3 is 15.5 Å². The van der Waals surface area contributed by atoms with Gasteiger partial charge in [-0.25, -0.2) is 13.4 Å². The van der Waals surface area contributed by atoms with Crippen LogP contribution < -0.4 is 10.6 Å². The maximum atomic E-state index is 11.5. The first-order chi connectivity index (χ1) is 12.8. The van der Waals surface area contributed by atoms with E-state index in [0.717, 1.165) is 44.0 Å². The Morgan fingerprint density at radius 3 is 2.37 bits per heavy atom.